The quantitative estimate of drug-likeness (QED) is 0.830. The molecule has 2 N–H and O–H groups in total. The van der Waals surface area contributed by atoms with E-state index in [0.29, 0.717) is 12.4 Å². The van der Waals surface area contributed by atoms with E-state index in [1.165, 1.54) is 0 Å². The van der Waals surface area contributed by atoms with Gasteiger partial charge in [0.2, 0.25) is 0 Å². The topological polar surface area (TPSA) is 88.9 Å². The lowest BCUT2D eigenvalue weighted by Gasteiger charge is -2.08. The minimum atomic E-state index is -0.841. The predicted octanol–water partition coefficient (Wildman–Crippen LogP) is 1.86. The van der Waals surface area contributed by atoms with Gasteiger partial charge in [0.15, 0.2) is 5.82 Å². The monoisotopic (exact) mass is 341 g/mol. The van der Waals surface area contributed by atoms with Crippen molar-refractivity contribution >= 4 is 40.7 Å². The lowest BCUT2D eigenvalue weighted by atomic mass is 10.3. The molecule has 0 atom stereocenters. The van der Waals surface area contributed by atoms with Crippen molar-refractivity contribution in [1.29, 1.82) is 0 Å². The predicted molar refractivity (Wildman–Crippen MR) is 82.6 cm³/mol. The molecule has 1 aromatic heterocycles. The Hall–Kier alpha value is -2.12. The Balaban J connectivity index is 1.95. The number of rotatable bonds is 4. The van der Waals surface area contributed by atoms with Crippen LogP contribution in [0.25, 0.3) is 0 Å². The molecule has 0 aliphatic heterocycles. The second kappa shape index (κ2) is 7.24. The van der Waals surface area contributed by atoms with Crippen LogP contribution in [0.5, 0.6) is 0 Å². The summed E-state index contributed by atoms with van der Waals surface area (Å²) in [6, 6.07) is 4.75. The van der Waals surface area contributed by atoms with Crippen LogP contribution in [0.2, 0.25) is 10.0 Å². The molecule has 1 aromatic carbocycles. The Morgan fingerprint density at radius 1 is 1.27 bits per heavy atom. The van der Waals surface area contributed by atoms with E-state index < -0.39 is 11.8 Å². The molecule has 0 unspecified atom stereocenters. The molecular weight excluding hydrogens is 329 g/mol. The summed E-state index contributed by atoms with van der Waals surface area (Å²) in [5.74, 6) is -1.09. The number of hydrogen-bond donors (Lipinski definition) is 2. The molecule has 0 saturated carbocycles. The molecule has 0 aliphatic carbocycles. The van der Waals surface area contributed by atoms with Crippen LogP contribution in [0.15, 0.2) is 24.5 Å². The van der Waals surface area contributed by atoms with Crippen LogP contribution in [0.1, 0.15) is 12.7 Å². The van der Waals surface area contributed by atoms with E-state index in [9.17, 15) is 9.59 Å². The zero-order chi connectivity index (χ0) is 16.1. The summed E-state index contributed by atoms with van der Waals surface area (Å²) in [5.41, 5.74) is 0.269. The van der Waals surface area contributed by atoms with Gasteiger partial charge in [0.1, 0.15) is 6.33 Å². The third-order valence-electron chi connectivity index (χ3n) is 2.85. The van der Waals surface area contributed by atoms with Gasteiger partial charge in [-0.05, 0) is 19.1 Å². The van der Waals surface area contributed by atoms with Gasteiger partial charge >= 0.3 is 11.8 Å². The number of anilines is 1. The van der Waals surface area contributed by atoms with Gasteiger partial charge in [-0.1, -0.05) is 29.3 Å². The molecule has 0 saturated heterocycles. The summed E-state index contributed by atoms with van der Waals surface area (Å²) in [6.45, 7) is 2.69. The van der Waals surface area contributed by atoms with E-state index in [0.717, 1.165) is 0 Å². The maximum atomic E-state index is 11.8. The molecule has 2 aromatic rings. The van der Waals surface area contributed by atoms with Gasteiger partial charge in [-0.15, -0.1) is 10.2 Å². The molecule has 0 radical (unpaired) electrons. The summed E-state index contributed by atoms with van der Waals surface area (Å²) in [4.78, 5) is 23.6. The third-order valence-corrected chi connectivity index (χ3v) is 3.67. The van der Waals surface area contributed by atoms with Gasteiger partial charge in [-0.2, -0.15) is 0 Å². The first-order chi connectivity index (χ1) is 10.5. The van der Waals surface area contributed by atoms with Crippen LogP contribution < -0.4 is 10.6 Å². The largest absolute Gasteiger partial charge is 0.341 e. The number of aromatic nitrogens is 3. The van der Waals surface area contributed by atoms with E-state index >= 15 is 0 Å². The maximum Gasteiger partial charge on any atom is 0.313 e. The normalized spacial score (nSPS) is 10.3. The number of carbonyl (C=O) groups is 2. The Kier molecular flexibility index (Phi) is 5.35. The smallest absolute Gasteiger partial charge is 0.313 e. The van der Waals surface area contributed by atoms with E-state index in [2.05, 4.69) is 20.8 Å². The SMILES string of the molecule is CCn1cnnc1CNC(=O)C(=O)Nc1cccc(Cl)c1Cl. The van der Waals surface area contributed by atoms with Gasteiger partial charge in [0.25, 0.3) is 0 Å². The molecule has 9 heteroatoms. The lowest BCUT2D eigenvalue weighted by Crippen LogP contribution is -2.35. The number of nitrogens with one attached hydrogen (secondary N) is 2. The summed E-state index contributed by atoms with van der Waals surface area (Å²) >= 11 is 11.8. The van der Waals surface area contributed by atoms with Crippen molar-refractivity contribution < 1.29 is 9.59 Å². The number of amides is 2. The molecule has 0 spiro atoms. The van der Waals surface area contributed by atoms with Gasteiger partial charge in [-0.25, -0.2) is 0 Å². The highest BCUT2D eigenvalue weighted by Crippen LogP contribution is 2.29. The number of halogens is 2. The van der Waals surface area contributed by atoms with Crippen LogP contribution in [0.3, 0.4) is 0 Å². The highest BCUT2D eigenvalue weighted by molar-refractivity contribution is 6.45. The highest BCUT2D eigenvalue weighted by atomic mass is 35.5. The van der Waals surface area contributed by atoms with Crippen LogP contribution >= 0.6 is 23.2 Å². The van der Waals surface area contributed by atoms with Gasteiger partial charge in [-0.3, -0.25) is 9.59 Å². The Morgan fingerprint density at radius 3 is 2.77 bits per heavy atom. The number of aryl methyl sites for hydroxylation is 1. The van der Waals surface area contributed by atoms with Crippen molar-refractivity contribution in [1.82, 2.24) is 20.1 Å². The van der Waals surface area contributed by atoms with Crippen LogP contribution in [-0.4, -0.2) is 26.6 Å². The lowest BCUT2D eigenvalue weighted by molar-refractivity contribution is -0.136. The zero-order valence-corrected chi connectivity index (χ0v) is 13.1. The van der Waals surface area contributed by atoms with E-state index in [1.54, 1.807) is 29.1 Å². The molecule has 2 amide bonds. The van der Waals surface area contributed by atoms with Gasteiger partial charge in [0.05, 0.1) is 22.3 Å². The van der Waals surface area contributed by atoms with E-state index in [-0.39, 0.29) is 22.3 Å². The molecule has 0 fully saturated rings. The molecule has 22 heavy (non-hydrogen) atoms. The number of carbonyl (C=O) groups excluding carboxylic acids is 2. The van der Waals surface area contributed by atoms with Crippen molar-refractivity contribution in [3.05, 3.63) is 40.4 Å². The zero-order valence-electron chi connectivity index (χ0n) is 11.6. The van der Waals surface area contributed by atoms with Crippen molar-refractivity contribution in [3.8, 4) is 0 Å². The second-order valence-electron chi connectivity index (χ2n) is 4.27. The maximum absolute atomic E-state index is 11.8. The number of nitrogens with zero attached hydrogens (tertiary/aromatic N) is 3. The Morgan fingerprint density at radius 2 is 2.05 bits per heavy atom. The summed E-state index contributed by atoms with van der Waals surface area (Å²) < 4.78 is 1.76. The Labute approximate surface area is 136 Å². The Bertz CT molecular complexity index is 701. The van der Waals surface area contributed by atoms with Crippen molar-refractivity contribution in [3.63, 3.8) is 0 Å². The summed E-state index contributed by atoms with van der Waals surface area (Å²) in [7, 11) is 0. The van der Waals surface area contributed by atoms with Crippen LogP contribution in [0, 0.1) is 0 Å². The molecule has 0 aliphatic rings. The van der Waals surface area contributed by atoms with E-state index in [4.69, 9.17) is 23.2 Å². The fraction of sp³-hybridized carbons (Fsp3) is 0.231. The first kappa shape index (κ1) is 16.3. The average molecular weight is 342 g/mol. The second-order valence-corrected chi connectivity index (χ2v) is 5.06. The molecule has 116 valence electrons. The average Bonchev–Trinajstić information content (AvgIpc) is 2.96. The number of hydrogen-bond acceptors (Lipinski definition) is 4. The van der Waals surface area contributed by atoms with Crippen LogP contribution in [-0.2, 0) is 22.7 Å². The highest BCUT2D eigenvalue weighted by Gasteiger charge is 2.16. The van der Waals surface area contributed by atoms with Crippen molar-refractivity contribution in [2.24, 2.45) is 0 Å². The molecule has 2 rings (SSSR count). The first-order valence-corrected chi connectivity index (χ1v) is 7.18. The molecule has 0 bridgehead atoms. The first-order valence-electron chi connectivity index (χ1n) is 6.42. The summed E-state index contributed by atoms with van der Waals surface area (Å²) in [5, 5.41) is 12.9. The fourth-order valence-corrected chi connectivity index (χ4v) is 2.05. The summed E-state index contributed by atoms with van der Waals surface area (Å²) in [6.07, 6.45) is 1.55. The molecule has 1 heterocycles. The molecular formula is C13H13Cl2N5O2. The van der Waals surface area contributed by atoms with Gasteiger partial charge < -0.3 is 15.2 Å². The number of benzene rings is 1. The van der Waals surface area contributed by atoms with Crippen molar-refractivity contribution in [2.45, 2.75) is 20.0 Å². The van der Waals surface area contributed by atoms with Crippen LogP contribution in [0.4, 0.5) is 5.69 Å². The minimum absolute atomic E-state index is 0.101. The fourth-order valence-electron chi connectivity index (χ4n) is 1.70. The third kappa shape index (κ3) is 3.75. The molecule has 7 nitrogen and oxygen atoms in total. The minimum Gasteiger partial charge on any atom is -0.341 e. The van der Waals surface area contributed by atoms with Crippen molar-refractivity contribution in [2.75, 3.05) is 5.32 Å². The van der Waals surface area contributed by atoms with Gasteiger partial charge in [0, 0.05) is 6.54 Å². The standard InChI is InChI=1S/C13H13Cl2N5O2/c1-2-20-7-17-19-10(20)6-16-12(21)13(22)18-9-5-3-4-8(14)11(9)15/h3-5,7H,2,6H2,1H3,(H,16,21)(H,18,22). The van der Waals surface area contributed by atoms with E-state index in [1.807, 2.05) is 6.92 Å².